The number of nitriles is 1. The van der Waals surface area contributed by atoms with Gasteiger partial charge in [-0.15, -0.1) is 6.42 Å². The van der Waals surface area contributed by atoms with Gasteiger partial charge in [0, 0.05) is 19.3 Å². The first-order chi connectivity index (χ1) is 14.7. The summed E-state index contributed by atoms with van der Waals surface area (Å²) in [4.78, 5) is 18.6. The van der Waals surface area contributed by atoms with E-state index < -0.39 is 0 Å². The lowest BCUT2D eigenvalue weighted by molar-refractivity contribution is 0.0712. The molecule has 0 bridgehead atoms. The third-order valence-electron chi connectivity index (χ3n) is 5.56. The molecule has 5 rings (SSSR count). The fourth-order valence-electron chi connectivity index (χ4n) is 3.82. The minimum absolute atomic E-state index is 0.0553. The fraction of sp³-hybridized carbons (Fsp3) is 0.192. The number of pyridine rings is 1. The molecule has 0 atom stereocenters. The molecule has 1 aromatic heterocycles. The van der Waals surface area contributed by atoms with Crippen molar-refractivity contribution in [3.63, 3.8) is 0 Å². The van der Waals surface area contributed by atoms with Crippen LogP contribution in [0.4, 0.5) is 0 Å². The van der Waals surface area contributed by atoms with Crippen molar-refractivity contribution in [1.29, 1.82) is 5.26 Å². The number of terminal acetylenes is 1. The number of hydrogen-bond donors (Lipinski definition) is 0. The standard InChI is InChI=1S/C20H17N3O.C6H4/c1-2-19-18(7-4-10-22-19)20(24)23-11-8-16(9-12-23)17-6-3-5-15(13-17)14-21;1-2-5-4-6(5)3-1/h1,3-7,10,13,16H,8-9,11-12H2;1-4H. The Kier molecular flexibility index (Phi) is 5.59. The van der Waals surface area contributed by atoms with E-state index in [-0.39, 0.29) is 5.91 Å². The molecule has 0 N–H and O–H groups in total. The van der Waals surface area contributed by atoms with Gasteiger partial charge in [-0.2, -0.15) is 5.26 Å². The molecule has 1 saturated heterocycles. The molecule has 0 unspecified atom stereocenters. The predicted molar refractivity (Wildman–Crippen MR) is 117 cm³/mol. The maximum absolute atomic E-state index is 12.7. The van der Waals surface area contributed by atoms with Gasteiger partial charge in [0.25, 0.3) is 5.91 Å². The lowest BCUT2D eigenvalue weighted by atomic mass is 9.88. The van der Waals surface area contributed by atoms with Gasteiger partial charge < -0.3 is 4.90 Å². The first-order valence-corrected chi connectivity index (χ1v) is 10.0. The molecular weight excluding hydrogens is 370 g/mol. The molecule has 2 aliphatic carbocycles. The number of fused-ring (bicyclic) bond motifs is 1. The average Bonchev–Trinajstić information content (AvgIpc) is 3.43. The summed E-state index contributed by atoms with van der Waals surface area (Å²) < 4.78 is 0. The molecule has 3 aliphatic rings. The number of nitrogens with zero attached hydrogens (tertiary/aromatic N) is 3. The van der Waals surface area contributed by atoms with Crippen molar-refractivity contribution in [3.05, 3.63) is 89.2 Å². The highest BCUT2D eigenvalue weighted by molar-refractivity contribution is 5.96. The Labute approximate surface area is 176 Å². The minimum Gasteiger partial charge on any atom is -0.339 e. The largest absolute Gasteiger partial charge is 0.339 e. The molecule has 0 radical (unpaired) electrons. The van der Waals surface area contributed by atoms with Gasteiger partial charge in [0.2, 0.25) is 0 Å². The van der Waals surface area contributed by atoms with Crippen molar-refractivity contribution < 1.29 is 4.79 Å². The molecule has 1 aliphatic heterocycles. The Balaban J connectivity index is 0.000000305. The Morgan fingerprint density at radius 2 is 1.77 bits per heavy atom. The lowest BCUT2D eigenvalue weighted by Crippen LogP contribution is -2.38. The molecule has 4 nitrogen and oxygen atoms in total. The number of aromatic nitrogens is 1. The zero-order chi connectivity index (χ0) is 20.9. The zero-order valence-corrected chi connectivity index (χ0v) is 16.6. The quantitative estimate of drug-likeness (QED) is 0.469. The normalized spacial score (nSPS) is 14.0. The lowest BCUT2D eigenvalue weighted by Gasteiger charge is -2.32. The highest BCUT2D eigenvalue weighted by Gasteiger charge is 2.26. The second-order valence-corrected chi connectivity index (χ2v) is 7.43. The van der Waals surface area contributed by atoms with Crippen LogP contribution in [0.15, 0.2) is 66.9 Å². The first-order valence-electron chi connectivity index (χ1n) is 10.0. The predicted octanol–water partition coefficient (Wildman–Crippen LogP) is 4.62. The maximum Gasteiger partial charge on any atom is 0.256 e. The molecule has 4 heteroatoms. The minimum atomic E-state index is -0.0553. The highest BCUT2D eigenvalue weighted by Crippen LogP contribution is 2.32. The number of piperidine rings is 1. The van der Waals surface area contributed by atoms with Gasteiger partial charge in [-0.05, 0) is 71.7 Å². The van der Waals surface area contributed by atoms with Crippen molar-refractivity contribution in [2.75, 3.05) is 13.1 Å². The van der Waals surface area contributed by atoms with Gasteiger partial charge in [0.15, 0.2) is 0 Å². The first kappa shape index (κ1) is 19.4. The van der Waals surface area contributed by atoms with Gasteiger partial charge in [0.1, 0.15) is 5.69 Å². The molecule has 1 aromatic carbocycles. The number of carbonyl (C=O) groups is 1. The molecule has 30 heavy (non-hydrogen) atoms. The van der Waals surface area contributed by atoms with Gasteiger partial charge in [-0.1, -0.05) is 30.3 Å². The summed E-state index contributed by atoms with van der Waals surface area (Å²) in [6, 6.07) is 21.8. The van der Waals surface area contributed by atoms with Crippen molar-refractivity contribution in [1.82, 2.24) is 9.88 Å². The second kappa shape index (κ2) is 8.64. The second-order valence-electron chi connectivity index (χ2n) is 7.43. The SMILES string of the molecule is C#Cc1ncccc1C(=O)N1CCC(c2cccc(C#N)c2)CC1.c1cc2cc-2c1. The smallest absolute Gasteiger partial charge is 0.256 e. The molecule has 146 valence electrons. The average molecular weight is 391 g/mol. The van der Waals surface area contributed by atoms with Gasteiger partial charge in [-0.3, -0.25) is 4.79 Å². The van der Waals surface area contributed by atoms with E-state index in [0.717, 1.165) is 12.8 Å². The van der Waals surface area contributed by atoms with E-state index in [1.807, 2.05) is 23.1 Å². The van der Waals surface area contributed by atoms with Crippen LogP contribution in [0.3, 0.4) is 0 Å². The van der Waals surface area contributed by atoms with Crippen LogP contribution < -0.4 is 0 Å². The third kappa shape index (κ3) is 4.24. The van der Waals surface area contributed by atoms with E-state index in [1.165, 1.54) is 16.7 Å². The van der Waals surface area contributed by atoms with E-state index in [9.17, 15) is 4.79 Å². The van der Waals surface area contributed by atoms with Crippen LogP contribution in [-0.2, 0) is 0 Å². The summed E-state index contributed by atoms with van der Waals surface area (Å²) >= 11 is 0. The number of benzene rings is 2. The summed E-state index contributed by atoms with van der Waals surface area (Å²) in [5.74, 6) is 2.80. The van der Waals surface area contributed by atoms with Crippen LogP contribution in [0, 0.1) is 23.7 Å². The Morgan fingerprint density at radius 1 is 1.03 bits per heavy atom. The van der Waals surface area contributed by atoms with Gasteiger partial charge in [-0.25, -0.2) is 4.98 Å². The van der Waals surface area contributed by atoms with E-state index in [4.69, 9.17) is 11.7 Å². The van der Waals surface area contributed by atoms with Crippen LogP contribution in [0.2, 0.25) is 0 Å². The summed E-state index contributed by atoms with van der Waals surface area (Å²) in [5, 5.41) is 9.03. The molecule has 2 heterocycles. The van der Waals surface area contributed by atoms with Crippen LogP contribution in [-0.4, -0.2) is 28.9 Å². The topological polar surface area (TPSA) is 57.0 Å². The maximum atomic E-state index is 12.7. The molecule has 0 saturated carbocycles. The van der Waals surface area contributed by atoms with Crippen molar-refractivity contribution in [3.8, 4) is 29.5 Å². The molecule has 2 aromatic rings. The molecule has 1 fully saturated rings. The molecular formula is C26H21N3O. The molecule has 0 spiro atoms. The van der Waals surface area contributed by atoms with E-state index in [1.54, 1.807) is 18.3 Å². The van der Waals surface area contributed by atoms with Crippen molar-refractivity contribution >= 4 is 5.91 Å². The zero-order valence-electron chi connectivity index (χ0n) is 16.6. The van der Waals surface area contributed by atoms with Crippen LogP contribution in [0.25, 0.3) is 11.1 Å². The Morgan fingerprint density at radius 3 is 2.37 bits per heavy atom. The summed E-state index contributed by atoms with van der Waals surface area (Å²) in [6.07, 6.45) is 8.79. The number of carbonyl (C=O) groups excluding carboxylic acids is 1. The summed E-state index contributed by atoms with van der Waals surface area (Å²) in [7, 11) is 0. The van der Waals surface area contributed by atoms with E-state index in [0.29, 0.717) is 35.8 Å². The van der Waals surface area contributed by atoms with Crippen molar-refractivity contribution in [2.24, 2.45) is 0 Å². The van der Waals surface area contributed by atoms with E-state index in [2.05, 4.69) is 47.3 Å². The van der Waals surface area contributed by atoms with Crippen LogP contribution >= 0.6 is 0 Å². The number of rotatable bonds is 2. The molecule has 1 amide bonds. The summed E-state index contributed by atoms with van der Waals surface area (Å²) in [5.41, 5.74) is 5.59. The highest BCUT2D eigenvalue weighted by atomic mass is 16.2. The number of likely N-dealkylation sites (tertiary alicyclic amines) is 1. The van der Waals surface area contributed by atoms with Crippen LogP contribution in [0.1, 0.15) is 45.9 Å². The van der Waals surface area contributed by atoms with Gasteiger partial charge in [0.05, 0.1) is 17.2 Å². The number of hydrogen-bond acceptors (Lipinski definition) is 3. The van der Waals surface area contributed by atoms with Crippen molar-refractivity contribution in [2.45, 2.75) is 18.8 Å². The Bertz CT molecular complexity index is 1140. The van der Waals surface area contributed by atoms with Gasteiger partial charge >= 0.3 is 0 Å². The Hall–Kier alpha value is -3.89. The third-order valence-corrected chi connectivity index (χ3v) is 5.56. The fourth-order valence-corrected chi connectivity index (χ4v) is 3.82. The number of amides is 1. The van der Waals surface area contributed by atoms with E-state index >= 15 is 0 Å². The summed E-state index contributed by atoms with van der Waals surface area (Å²) in [6.45, 7) is 1.36. The van der Waals surface area contributed by atoms with Crippen LogP contribution in [0.5, 0.6) is 0 Å². The monoisotopic (exact) mass is 391 g/mol.